The molecule has 0 bridgehead atoms. The zero-order valence-corrected chi connectivity index (χ0v) is 12.2. The van der Waals surface area contributed by atoms with E-state index in [9.17, 15) is 4.79 Å². The lowest BCUT2D eigenvalue weighted by Gasteiger charge is -2.27. The number of carbonyl (C=O) groups excluding carboxylic acids is 1. The van der Waals surface area contributed by atoms with Gasteiger partial charge in [0, 0.05) is 11.5 Å². The van der Waals surface area contributed by atoms with Gasteiger partial charge in [0.25, 0.3) is 0 Å². The Morgan fingerprint density at radius 3 is 2.67 bits per heavy atom. The van der Waals surface area contributed by atoms with Crippen LogP contribution in [0.2, 0.25) is 0 Å². The number of carbonyl (C=O) groups is 1. The van der Waals surface area contributed by atoms with E-state index >= 15 is 0 Å². The summed E-state index contributed by atoms with van der Waals surface area (Å²) in [6, 6.07) is 8.07. The molecule has 1 aliphatic rings. The number of rotatable bonds is 4. The molecule has 21 heavy (non-hydrogen) atoms. The largest absolute Gasteiger partial charge is 0.338 e. The Labute approximate surface area is 124 Å². The first-order valence-corrected chi connectivity index (χ1v) is 7.32. The average Bonchev–Trinajstić information content (AvgIpc) is 2.97. The molecule has 1 fully saturated rings. The highest BCUT2D eigenvalue weighted by Crippen LogP contribution is 2.19. The van der Waals surface area contributed by atoms with Gasteiger partial charge in [0.2, 0.25) is 11.7 Å². The molecule has 0 amide bonds. The summed E-state index contributed by atoms with van der Waals surface area (Å²) in [6.07, 6.45) is 2.91. The number of likely N-dealkylation sites (tertiary alicyclic amines) is 1. The zero-order valence-electron chi connectivity index (χ0n) is 12.2. The van der Waals surface area contributed by atoms with Crippen LogP contribution in [0.25, 0.3) is 11.4 Å². The Balaban J connectivity index is 1.63. The number of aromatic nitrogens is 2. The molecule has 1 aromatic carbocycles. The molecule has 1 aliphatic heterocycles. The molecule has 1 aromatic heterocycles. The maximum absolute atomic E-state index is 10.7. The summed E-state index contributed by atoms with van der Waals surface area (Å²) in [5.74, 6) is 1.48. The summed E-state index contributed by atoms with van der Waals surface area (Å²) in [5.41, 5.74) is 2.18. The third kappa shape index (κ3) is 3.36. The summed E-state index contributed by atoms with van der Waals surface area (Å²) in [7, 11) is 0. The molecule has 3 rings (SSSR count). The van der Waals surface area contributed by atoms with Crippen LogP contribution in [0.1, 0.15) is 24.3 Å². The monoisotopic (exact) mass is 285 g/mol. The molecule has 0 radical (unpaired) electrons. The molecule has 0 aliphatic carbocycles. The van der Waals surface area contributed by atoms with Crippen molar-refractivity contribution in [2.24, 2.45) is 5.92 Å². The minimum Gasteiger partial charge on any atom is -0.338 e. The third-order valence-electron chi connectivity index (χ3n) is 3.96. The van der Waals surface area contributed by atoms with Crippen molar-refractivity contribution < 1.29 is 9.32 Å². The Morgan fingerprint density at radius 2 is 2.00 bits per heavy atom. The average molecular weight is 285 g/mol. The van der Waals surface area contributed by atoms with Crippen LogP contribution in [0.15, 0.2) is 28.8 Å². The number of aryl methyl sites for hydroxylation is 1. The summed E-state index contributed by atoms with van der Waals surface area (Å²) in [5, 5.41) is 4.04. The maximum atomic E-state index is 10.7. The Kier molecular flexibility index (Phi) is 4.10. The van der Waals surface area contributed by atoms with Gasteiger partial charge in [-0.15, -0.1) is 0 Å². The molecular formula is C16H19N3O2. The van der Waals surface area contributed by atoms with Crippen LogP contribution < -0.4 is 0 Å². The highest BCUT2D eigenvalue weighted by atomic mass is 16.5. The van der Waals surface area contributed by atoms with Crippen molar-refractivity contribution in [1.29, 1.82) is 0 Å². The van der Waals surface area contributed by atoms with E-state index in [0.29, 0.717) is 18.3 Å². The second kappa shape index (κ2) is 6.18. The fraction of sp³-hybridized carbons (Fsp3) is 0.438. The molecule has 0 spiro atoms. The van der Waals surface area contributed by atoms with E-state index in [2.05, 4.69) is 15.0 Å². The van der Waals surface area contributed by atoms with Gasteiger partial charge in [-0.05, 0) is 32.9 Å². The minimum atomic E-state index is 0.215. The van der Waals surface area contributed by atoms with E-state index in [1.165, 1.54) is 5.56 Å². The number of nitrogens with zero attached hydrogens (tertiary/aromatic N) is 3. The van der Waals surface area contributed by atoms with Crippen LogP contribution >= 0.6 is 0 Å². The molecule has 2 heterocycles. The van der Waals surface area contributed by atoms with E-state index in [4.69, 9.17) is 4.52 Å². The number of piperidine rings is 1. The quantitative estimate of drug-likeness (QED) is 0.808. The van der Waals surface area contributed by atoms with E-state index in [-0.39, 0.29) is 5.92 Å². The van der Waals surface area contributed by atoms with Crippen LogP contribution in [0, 0.1) is 12.8 Å². The predicted molar refractivity (Wildman–Crippen MR) is 78.5 cm³/mol. The fourth-order valence-corrected chi connectivity index (χ4v) is 2.58. The van der Waals surface area contributed by atoms with E-state index in [1.807, 2.05) is 31.2 Å². The van der Waals surface area contributed by atoms with Crippen LogP contribution in [0.4, 0.5) is 0 Å². The summed E-state index contributed by atoms with van der Waals surface area (Å²) in [6.45, 7) is 4.52. The number of hydrogen-bond acceptors (Lipinski definition) is 5. The van der Waals surface area contributed by atoms with Crippen molar-refractivity contribution in [3.63, 3.8) is 0 Å². The first-order chi connectivity index (χ1) is 10.2. The van der Waals surface area contributed by atoms with Crippen LogP contribution in [0.3, 0.4) is 0 Å². The van der Waals surface area contributed by atoms with Crippen molar-refractivity contribution in [2.75, 3.05) is 13.1 Å². The SMILES string of the molecule is Cc1ccc(-c2noc(CN3CCC(C=O)CC3)n2)cc1. The summed E-state index contributed by atoms with van der Waals surface area (Å²) < 4.78 is 5.33. The first kappa shape index (κ1) is 13.9. The first-order valence-electron chi connectivity index (χ1n) is 7.32. The normalized spacial score (nSPS) is 17.0. The lowest BCUT2D eigenvalue weighted by atomic mass is 9.99. The molecule has 5 heteroatoms. The molecule has 110 valence electrons. The van der Waals surface area contributed by atoms with Gasteiger partial charge >= 0.3 is 0 Å². The van der Waals surface area contributed by atoms with Crippen molar-refractivity contribution >= 4 is 6.29 Å². The lowest BCUT2D eigenvalue weighted by molar-refractivity contribution is -0.112. The number of aldehydes is 1. The van der Waals surface area contributed by atoms with Crippen LogP contribution in [-0.4, -0.2) is 34.4 Å². The Morgan fingerprint density at radius 1 is 1.29 bits per heavy atom. The Hall–Kier alpha value is -2.01. The van der Waals surface area contributed by atoms with Gasteiger partial charge in [-0.1, -0.05) is 35.0 Å². The van der Waals surface area contributed by atoms with Crippen LogP contribution in [0.5, 0.6) is 0 Å². The van der Waals surface area contributed by atoms with Gasteiger partial charge in [-0.3, -0.25) is 4.90 Å². The van der Waals surface area contributed by atoms with Gasteiger partial charge in [0.15, 0.2) is 0 Å². The summed E-state index contributed by atoms with van der Waals surface area (Å²) >= 11 is 0. The van der Waals surface area contributed by atoms with Gasteiger partial charge in [0.05, 0.1) is 6.54 Å². The standard InChI is InChI=1S/C16H19N3O2/c1-12-2-4-14(5-3-12)16-17-15(21-18-16)10-19-8-6-13(11-20)7-9-19/h2-5,11,13H,6-10H2,1H3. The summed E-state index contributed by atoms with van der Waals surface area (Å²) in [4.78, 5) is 17.5. The van der Waals surface area contributed by atoms with Crippen molar-refractivity contribution in [2.45, 2.75) is 26.3 Å². The number of benzene rings is 1. The molecular weight excluding hydrogens is 266 g/mol. The molecule has 0 atom stereocenters. The predicted octanol–water partition coefficient (Wildman–Crippen LogP) is 2.46. The lowest BCUT2D eigenvalue weighted by Crippen LogP contribution is -2.33. The smallest absolute Gasteiger partial charge is 0.241 e. The molecule has 0 N–H and O–H groups in total. The van der Waals surface area contributed by atoms with Crippen molar-refractivity contribution in [3.05, 3.63) is 35.7 Å². The highest BCUT2D eigenvalue weighted by Gasteiger charge is 2.20. The maximum Gasteiger partial charge on any atom is 0.241 e. The number of hydrogen-bond donors (Lipinski definition) is 0. The Bertz CT molecular complexity index is 598. The third-order valence-corrected chi connectivity index (χ3v) is 3.96. The topological polar surface area (TPSA) is 59.2 Å². The second-order valence-electron chi connectivity index (χ2n) is 5.63. The molecule has 0 saturated carbocycles. The van der Waals surface area contributed by atoms with E-state index in [0.717, 1.165) is 37.8 Å². The van der Waals surface area contributed by atoms with Crippen molar-refractivity contribution in [1.82, 2.24) is 15.0 Å². The van der Waals surface area contributed by atoms with E-state index < -0.39 is 0 Å². The van der Waals surface area contributed by atoms with Crippen LogP contribution in [-0.2, 0) is 11.3 Å². The molecule has 2 aromatic rings. The highest BCUT2D eigenvalue weighted by molar-refractivity contribution is 5.54. The van der Waals surface area contributed by atoms with E-state index in [1.54, 1.807) is 0 Å². The van der Waals surface area contributed by atoms with Gasteiger partial charge in [-0.25, -0.2) is 0 Å². The molecule has 1 saturated heterocycles. The zero-order chi connectivity index (χ0) is 14.7. The molecule has 0 unspecified atom stereocenters. The molecule has 5 nitrogen and oxygen atoms in total. The van der Waals surface area contributed by atoms with Gasteiger partial charge < -0.3 is 9.32 Å². The van der Waals surface area contributed by atoms with Gasteiger partial charge in [0.1, 0.15) is 6.29 Å². The van der Waals surface area contributed by atoms with Gasteiger partial charge in [-0.2, -0.15) is 4.98 Å². The van der Waals surface area contributed by atoms with Crippen molar-refractivity contribution in [3.8, 4) is 11.4 Å². The fourth-order valence-electron chi connectivity index (χ4n) is 2.58. The minimum absolute atomic E-state index is 0.215. The second-order valence-corrected chi connectivity index (χ2v) is 5.63.